The number of phenols is 1. The van der Waals surface area contributed by atoms with Gasteiger partial charge in [-0.15, -0.1) is 0 Å². The molecule has 83 heavy (non-hydrogen) atoms. The van der Waals surface area contributed by atoms with Crippen molar-refractivity contribution < 1.29 is 82.2 Å². The number of amides is 11. The summed E-state index contributed by atoms with van der Waals surface area (Å²) in [4.78, 5) is 163. The third-order valence-corrected chi connectivity index (χ3v) is 16.7. The van der Waals surface area contributed by atoms with Crippen molar-refractivity contribution in [2.24, 2.45) is 23.5 Å². The number of phenolic OH excluding ortho intramolecular Hbond substituents is 1. The van der Waals surface area contributed by atoms with E-state index in [1.165, 1.54) is 19.1 Å². The third kappa shape index (κ3) is 16.6. The predicted octanol–water partition coefficient (Wildman–Crippen LogP) is -6.70. The van der Waals surface area contributed by atoms with Gasteiger partial charge in [-0.1, -0.05) is 33.6 Å². The number of nitrogens with zero attached hydrogens (tertiary/aromatic N) is 3. The first-order valence-electron chi connectivity index (χ1n) is 27.4. The molecule has 458 valence electrons. The number of aromatic nitrogens is 1. The van der Waals surface area contributed by atoms with Gasteiger partial charge in [-0.25, -0.2) is 5.90 Å². The lowest BCUT2D eigenvalue weighted by molar-refractivity contribution is -0.144. The van der Waals surface area contributed by atoms with Crippen LogP contribution in [0.2, 0.25) is 0 Å². The quantitative estimate of drug-likeness (QED) is 0.0549. The number of aromatic hydroxyl groups is 1. The minimum atomic E-state index is -2.52. The molecular formula is C51H76N14O17S. The first-order valence-corrected chi connectivity index (χ1v) is 28.7. The van der Waals surface area contributed by atoms with Gasteiger partial charge in [-0.05, 0) is 36.5 Å². The molecule has 1 aromatic carbocycles. The summed E-state index contributed by atoms with van der Waals surface area (Å²) in [6, 6.07) is -7.60. The number of primary amides is 1. The van der Waals surface area contributed by atoms with Crippen molar-refractivity contribution in [2.75, 3.05) is 76.2 Å². The Labute approximate surface area is 479 Å². The molecule has 2 bridgehead atoms. The van der Waals surface area contributed by atoms with E-state index in [0.717, 1.165) is 4.90 Å². The van der Waals surface area contributed by atoms with Gasteiger partial charge in [0.15, 0.2) is 0 Å². The molecule has 5 heterocycles. The average molecular weight is 1190 g/mol. The number of carbonyl (C=O) groups is 11. The number of piperazine rings is 1. The van der Waals surface area contributed by atoms with Gasteiger partial charge in [-0.3, -0.25) is 61.8 Å². The van der Waals surface area contributed by atoms with E-state index in [-0.39, 0.29) is 84.0 Å². The second-order valence-electron chi connectivity index (χ2n) is 21.1. The van der Waals surface area contributed by atoms with Crippen molar-refractivity contribution in [1.29, 1.82) is 0 Å². The fraction of sp³-hybridized carbons (Fsp3) is 0.627. The topological polar surface area (TPSA) is 469 Å². The van der Waals surface area contributed by atoms with Gasteiger partial charge in [0, 0.05) is 69.8 Å². The van der Waals surface area contributed by atoms with Gasteiger partial charge in [-0.2, -0.15) is 0 Å². The number of aromatic amines is 1. The lowest BCUT2D eigenvalue weighted by Crippen LogP contribution is -2.62. The molecule has 11 amide bonds. The van der Waals surface area contributed by atoms with Crippen LogP contribution in [-0.4, -0.2) is 224 Å². The summed E-state index contributed by atoms with van der Waals surface area (Å²) in [6.45, 7) is 2.39. The van der Waals surface area contributed by atoms with Crippen LogP contribution in [0.15, 0.2) is 17.2 Å². The van der Waals surface area contributed by atoms with Crippen LogP contribution in [0.3, 0.4) is 0 Å². The van der Waals surface area contributed by atoms with E-state index in [4.69, 9.17) is 11.6 Å². The molecule has 1 unspecified atom stereocenters. The molecule has 17 N–H and O–H groups in total. The molecule has 0 radical (unpaired) electrons. The molecule has 4 aliphatic heterocycles. The fourth-order valence-electron chi connectivity index (χ4n) is 10.3. The van der Waals surface area contributed by atoms with Gasteiger partial charge >= 0.3 is 0 Å². The number of fused-ring (bicyclic) bond motifs is 5. The van der Waals surface area contributed by atoms with Crippen molar-refractivity contribution in [2.45, 2.75) is 126 Å². The summed E-state index contributed by atoms with van der Waals surface area (Å²) < 4.78 is 15.3. The third-order valence-electron chi connectivity index (χ3n) is 15.2. The number of H-pyrrole nitrogens is 1. The maximum Gasteiger partial charge on any atom is 0.248 e. The number of hydrogen-bond donors (Lipinski definition) is 15. The number of unbranched alkanes of at least 4 members (excludes halogenated alkanes) is 2. The van der Waals surface area contributed by atoms with Crippen LogP contribution in [0.25, 0.3) is 10.9 Å². The van der Waals surface area contributed by atoms with Crippen LogP contribution in [0.5, 0.6) is 5.75 Å². The monoisotopic (exact) mass is 1190 g/mol. The maximum absolute atomic E-state index is 15.3. The van der Waals surface area contributed by atoms with E-state index in [0.29, 0.717) is 32.2 Å². The Morgan fingerprint density at radius 2 is 1.53 bits per heavy atom. The Balaban J connectivity index is 1.48. The van der Waals surface area contributed by atoms with Crippen molar-refractivity contribution in [3.05, 3.63) is 17.7 Å². The lowest BCUT2D eigenvalue weighted by atomic mass is 9.93. The van der Waals surface area contributed by atoms with Crippen LogP contribution in [0.4, 0.5) is 5.69 Å². The van der Waals surface area contributed by atoms with E-state index in [1.807, 2.05) is 0 Å². The number of anilines is 1. The number of hydrogen-bond acceptors (Lipinski definition) is 19. The van der Waals surface area contributed by atoms with Gasteiger partial charge in [0.05, 0.1) is 60.4 Å². The van der Waals surface area contributed by atoms with E-state index in [9.17, 15) is 73.2 Å². The van der Waals surface area contributed by atoms with Crippen molar-refractivity contribution in [1.82, 2.24) is 57.3 Å². The zero-order valence-electron chi connectivity index (χ0n) is 46.4. The minimum absolute atomic E-state index is 0.0174. The number of aliphatic hydroxyl groups excluding tert-OH is 3. The molecule has 32 heteroatoms. The van der Waals surface area contributed by atoms with Crippen LogP contribution in [0, 0.1) is 11.8 Å². The smallest absolute Gasteiger partial charge is 0.248 e. The summed E-state index contributed by atoms with van der Waals surface area (Å²) in [7, 11) is -2.52. The zero-order valence-corrected chi connectivity index (χ0v) is 47.2. The fourth-order valence-corrected chi connectivity index (χ4v) is 11.7. The molecule has 11 atom stereocenters. The zero-order chi connectivity index (χ0) is 60.8. The van der Waals surface area contributed by atoms with Gasteiger partial charge in [0.1, 0.15) is 59.3 Å². The highest BCUT2D eigenvalue weighted by Gasteiger charge is 2.45. The Morgan fingerprint density at radius 3 is 2.19 bits per heavy atom. The standard InChI is InChI=1S/C51H76N14O17S/c1-4-25(2)41-48(78)56-19-37(71)57-32-24-83(81)50-29(28-9-10-34(68)44(43(28)62-50)64-14-12-63(13-15-64)40(74)8-6-5-7-11-54-39(73)23-82-53)17-30(45(75)55-20-38(72)60-41)58-49(79)42(26(3)35(69)22-66)61-47(77)33-16-27(67)21-65(33)51(80)31(18-36(52)70)59-46(32)76/h9-10,25-27,30-33,35,41-42,62,66-69H,4-8,11-24,53H2,1-3H3,(H2,52,70)(H,54,73)(H,55,75)(H,56,78)(H,57,71)(H,58,79)(H,59,76)(H,60,72)(H,61,77)/t25-,26+,27+,30+,31-,32+,33-,35+,41-,42-,83?/m0/s1. The predicted molar refractivity (Wildman–Crippen MR) is 293 cm³/mol. The summed E-state index contributed by atoms with van der Waals surface area (Å²) >= 11 is 0. The highest BCUT2D eigenvalue weighted by atomic mass is 32.2. The normalized spacial score (nSPS) is 25.7. The second-order valence-corrected chi connectivity index (χ2v) is 22.5. The number of carbonyl (C=O) groups excluding carboxylic acids is 11. The van der Waals surface area contributed by atoms with Crippen LogP contribution >= 0.6 is 0 Å². The van der Waals surface area contributed by atoms with E-state index < -0.39 is 176 Å². The number of nitrogens with one attached hydrogen (secondary N) is 9. The van der Waals surface area contributed by atoms with E-state index >= 15 is 4.21 Å². The summed E-state index contributed by atoms with van der Waals surface area (Å²) in [5.41, 5.74) is 5.87. The van der Waals surface area contributed by atoms with Crippen LogP contribution in [0.1, 0.15) is 71.3 Å². The molecule has 1 aromatic heterocycles. The lowest BCUT2D eigenvalue weighted by Gasteiger charge is -2.36. The number of nitrogens with two attached hydrogens (primary N) is 2. The molecule has 2 fully saturated rings. The van der Waals surface area contributed by atoms with E-state index in [1.54, 1.807) is 23.6 Å². The Morgan fingerprint density at radius 1 is 0.843 bits per heavy atom. The first-order chi connectivity index (χ1) is 39.5. The molecule has 0 saturated carbocycles. The molecule has 2 aromatic rings. The minimum Gasteiger partial charge on any atom is -0.506 e. The van der Waals surface area contributed by atoms with Crippen molar-refractivity contribution in [3.8, 4) is 5.75 Å². The number of benzene rings is 1. The maximum atomic E-state index is 15.3. The summed E-state index contributed by atoms with van der Waals surface area (Å²) in [5.74, 6) is -8.16. The van der Waals surface area contributed by atoms with Gasteiger partial charge in [0.2, 0.25) is 65.0 Å². The van der Waals surface area contributed by atoms with Crippen LogP contribution in [-0.2, 0) is 74.8 Å². The Kier molecular flexibility index (Phi) is 23.1. The largest absolute Gasteiger partial charge is 0.506 e. The molecule has 31 nitrogen and oxygen atoms in total. The number of rotatable bonds is 16. The van der Waals surface area contributed by atoms with Gasteiger partial charge in [0.25, 0.3) is 0 Å². The van der Waals surface area contributed by atoms with Gasteiger partial charge < -0.3 is 88.4 Å². The summed E-state index contributed by atoms with van der Waals surface area (Å²) in [6.07, 6.45) is -2.70. The van der Waals surface area contributed by atoms with Crippen molar-refractivity contribution in [3.63, 3.8) is 0 Å². The number of aliphatic hydroxyl groups is 3. The van der Waals surface area contributed by atoms with Crippen molar-refractivity contribution >= 4 is 92.4 Å². The summed E-state index contributed by atoms with van der Waals surface area (Å²) in [5, 5.41) is 63.4. The molecule has 4 aliphatic rings. The second kappa shape index (κ2) is 29.6. The average Bonchev–Trinajstić information content (AvgIpc) is 2.47. The molecule has 0 spiro atoms. The molecule has 0 aliphatic carbocycles. The first kappa shape index (κ1) is 64.6. The SMILES string of the molecule is CC[C@H](C)[C@@H]1NC(=O)CNC(=O)[C@H]2Cc3c([nH]c4c(N5CCN(C(=O)CCCCCNC(=O)CON)CC5)c(O)ccc34)S(=O)C[C@@H](NC(=O)CNC1=O)C(=O)N[C@@H](CC(N)=O)C(=O)N1C[C@H](O)C[C@H]1C(=O)N[C@@H]([C@H](C)[C@H](O)CO)C(=O)N2. The Hall–Kier alpha value is -7.52. The molecule has 2 saturated heterocycles. The molecular weight excluding hydrogens is 1110 g/mol. The highest BCUT2D eigenvalue weighted by molar-refractivity contribution is 7.85. The highest BCUT2D eigenvalue weighted by Crippen LogP contribution is 2.40. The van der Waals surface area contributed by atoms with E-state index in [2.05, 4.69) is 52.4 Å². The Bertz CT molecular complexity index is 2790. The van der Waals surface area contributed by atoms with Crippen LogP contribution < -0.4 is 59.1 Å². The molecule has 6 rings (SSSR count).